The van der Waals surface area contributed by atoms with E-state index in [1.165, 1.54) is 11.1 Å². The van der Waals surface area contributed by atoms with E-state index in [4.69, 9.17) is 16.3 Å². The van der Waals surface area contributed by atoms with Crippen molar-refractivity contribution in [1.29, 1.82) is 0 Å². The van der Waals surface area contributed by atoms with E-state index in [1.807, 2.05) is 26.8 Å². The largest absolute Gasteiger partial charge is 0.444 e. The van der Waals surface area contributed by atoms with Gasteiger partial charge >= 0.3 is 6.09 Å². The summed E-state index contributed by atoms with van der Waals surface area (Å²) in [6, 6.07) is 10.5. The van der Waals surface area contributed by atoms with Gasteiger partial charge in [-0.05, 0) is 58.2 Å². The van der Waals surface area contributed by atoms with Gasteiger partial charge < -0.3 is 14.5 Å². The van der Waals surface area contributed by atoms with Gasteiger partial charge in [0, 0.05) is 44.8 Å². The number of fused-ring (bicyclic) bond motifs is 1. The van der Waals surface area contributed by atoms with Crippen LogP contribution < -0.4 is 4.90 Å². The van der Waals surface area contributed by atoms with Gasteiger partial charge in [-0.25, -0.2) is 14.8 Å². The number of anilines is 1. The van der Waals surface area contributed by atoms with Gasteiger partial charge in [-0.3, -0.25) is 4.90 Å². The van der Waals surface area contributed by atoms with E-state index in [-0.39, 0.29) is 16.9 Å². The van der Waals surface area contributed by atoms with Gasteiger partial charge in [0.05, 0.1) is 11.2 Å². The molecule has 0 radical (unpaired) electrons. The smallest absolute Gasteiger partial charge is 0.410 e. The van der Waals surface area contributed by atoms with Crippen LogP contribution in [0, 0.1) is 0 Å². The monoisotopic (exact) mass is 471 g/mol. The number of hydrogen-bond acceptors (Lipinski definition) is 6. The third-order valence-electron chi connectivity index (χ3n) is 6.15. The highest BCUT2D eigenvalue weighted by molar-refractivity contribution is 6.28. The van der Waals surface area contributed by atoms with Crippen molar-refractivity contribution in [3.05, 3.63) is 52.4 Å². The van der Waals surface area contributed by atoms with Gasteiger partial charge in [-0.2, -0.15) is 0 Å². The van der Waals surface area contributed by atoms with Crippen LogP contribution in [0.5, 0.6) is 0 Å². The zero-order valence-corrected chi connectivity index (χ0v) is 21.0. The number of hydrogen-bond donors (Lipinski definition) is 0. The van der Waals surface area contributed by atoms with Crippen molar-refractivity contribution in [2.75, 3.05) is 31.1 Å². The number of halogens is 1. The second-order valence-corrected chi connectivity index (χ2v) is 10.9. The summed E-state index contributed by atoms with van der Waals surface area (Å²) in [4.78, 5) is 28.4. The Kier molecular flexibility index (Phi) is 6.56. The predicted octanol–water partition coefficient (Wildman–Crippen LogP) is 4.52. The van der Waals surface area contributed by atoms with Crippen molar-refractivity contribution in [2.24, 2.45) is 0 Å². The Morgan fingerprint density at radius 3 is 2.52 bits per heavy atom. The number of piperazine rings is 1. The Hall–Kier alpha value is -2.38. The molecule has 1 amide bonds. The highest BCUT2D eigenvalue weighted by Crippen LogP contribution is 2.34. The molecule has 7 nitrogen and oxygen atoms in total. The van der Waals surface area contributed by atoms with Crippen LogP contribution in [0.25, 0.3) is 0 Å². The number of amides is 1. The molecule has 3 heterocycles. The molecule has 1 aromatic heterocycles. The summed E-state index contributed by atoms with van der Waals surface area (Å²) < 4.78 is 5.60. The first kappa shape index (κ1) is 23.8. The van der Waals surface area contributed by atoms with Crippen LogP contribution >= 0.6 is 11.6 Å². The molecule has 8 heteroatoms. The van der Waals surface area contributed by atoms with Crippen LogP contribution in [0.4, 0.5) is 10.6 Å². The Balaban J connectivity index is 1.53. The SMILES string of the molecule is CC(C)(C)OC(=O)N1CCN(c2nc(Cl)nc3c2CCN(Cc2ccccc2)C3)C(C)(C)C1. The predicted molar refractivity (Wildman–Crippen MR) is 131 cm³/mol. The first-order valence-corrected chi connectivity index (χ1v) is 12.0. The highest BCUT2D eigenvalue weighted by Gasteiger charge is 2.39. The van der Waals surface area contributed by atoms with Gasteiger partial charge in [0.2, 0.25) is 5.28 Å². The molecule has 1 saturated heterocycles. The number of ether oxygens (including phenoxy) is 1. The van der Waals surface area contributed by atoms with E-state index in [1.54, 1.807) is 4.90 Å². The summed E-state index contributed by atoms with van der Waals surface area (Å²) in [5, 5.41) is 0.274. The minimum Gasteiger partial charge on any atom is -0.444 e. The van der Waals surface area contributed by atoms with Gasteiger partial charge in [-0.1, -0.05) is 30.3 Å². The number of rotatable bonds is 3. The molecule has 2 aliphatic heterocycles. The maximum atomic E-state index is 12.7. The third-order valence-corrected chi connectivity index (χ3v) is 6.32. The molecular formula is C25H34ClN5O2. The van der Waals surface area contributed by atoms with Crippen LogP contribution in [0.2, 0.25) is 5.28 Å². The molecule has 0 bridgehead atoms. The fraction of sp³-hybridized carbons (Fsp3) is 0.560. The van der Waals surface area contributed by atoms with E-state index in [0.29, 0.717) is 19.6 Å². The number of carbonyl (C=O) groups excluding carboxylic acids is 1. The topological polar surface area (TPSA) is 61.8 Å². The number of aromatic nitrogens is 2. The van der Waals surface area contributed by atoms with Crippen LogP contribution in [0.1, 0.15) is 51.4 Å². The van der Waals surface area contributed by atoms with Crippen LogP contribution in [-0.2, 0) is 24.2 Å². The van der Waals surface area contributed by atoms with E-state index >= 15 is 0 Å². The molecule has 178 valence electrons. The lowest BCUT2D eigenvalue weighted by Gasteiger charge is -2.48. The maximum absolute atomic E-state index is 12.7. The summed E-state index contributed by atoms with van der Waals surface area (Å²) in [7, 11) is 0. The van der Waals surface area contributed by atoms with E-state index < -0.39 is 5.60 Å². The molecule has 0 atom stereocenters. The second-order valence-electron chi connectivity index (χ2n) is 10.6. The molecule has 33 heavy (non-hydrogen) atoms. The zero-order valence-electron chi connectivity index (χ0n) is 20.3. The van der Waals surface area contributed by atoms with Crippen molar-refractivity contribution < 1.29 is 9.53 Å². The number of carbonyl (C=O) groups is 1. The molecule has 0 spiro atoms. The molecule has 2 aliphatic rings. The van der Waals surface area contributed by atoms with E-state index in [2.05, 4.69) is 57.9 Å². The summed E-state index contributed by atoms with van der Waals surface area (Å²) in [6.07, 6.45) is 0.603. The molecule has 0 N–H and O–H groups in total. The zero-order chi connectivity index (χ0) is 23.8. The molecule has 0 unspecified atom stereocenters. The molecule has 1 fully saturated rings. The molecule has 2 aromatic rings. The molecule has 0 saturated carbocycles. The maximum Gasteiger partial charge on any atom is 0.410 e. The van der Waals surface area contributed by atoms with Gasteiger partial charge in [0.15, 0.2) is 0 Å². The first-order valence-electron chi connectivity index (χ1n) is 11.6. The summed E-state index contributed by atoms with van der Waals surface area (Å²) in [5.41, 5.74) is 2.63. The lowest BCUT2D eigenvalue weighted by Crippen LogP contribution is -2.61. The molecular weight excluding hydrogens is 438 g/mol. The van der Waals surface area contributed by atoms with Crippen molar-refractivity contribution in [2.45, 2.75) is 65.3 Å². The van der Waals surface area contributed by atoms with Gasteiger partial charge in [0.1, 0.15) is 11.4 Å². The van der Waals surface area contributed by atoms with Gasteiger partial charge in [-0.15, -0.1) is 0 Å². The summed E-state index contributed by atoms with van der Waals surface area (Å²) in [6.45, 7) is 14.3. The summed E-state index contributed by atoms with van der Waals surface area (Å²) >= 11 is 6.40. The number of nitrogens with zero attached hydrogens (tertiary/aromatic N) is 5. The van der Waals surface area contributed by atoms with Crippen molar-refractivity contribution in [3.8, 4) is 0 Å². The highest BCUT2D eigenvalue weighted by atomic mass is 35.5. The van der Waals surface area contributed by atoms with Crippen LogP contribution in [0.15, 0.2) is 30.3 Å². The molecule has 0 aliphatic carbocycles. The summed E-state index contributed by atoms with van der Waals surface area (Å²) in [5.74, 6) is 0.901. The lowest BCUT2D eigenvalue weighted by molar-refractivity contribution is 0.0178. The Bertz CT molecular complexity index is 1010. The van der Waals surface area contributed by atoms with Crippen molar-refractivity contribution >= 4 is 23.5 Å². The standard InChI is InChI=1S/C25H34ClN5O2/c1-24(2,3)33-23(32)30-13-14-31(25(4,5)17-30)21-19-11-12-29(15-18-9-7-6-8-10-18)16-20(19)27-22(26)28-21/h6-10H,11-17H2,1-5H3. The number of benzene rings is 1. The van der Waals surface area contributed by atoms with Gasteiger partial charge in [0.25, 0.3) is 0 Å². The average molecular weight is 472 g/mol. The molecule has 4 rings (SSSR count). The molecule has 1 aromatic carbocycles. The Morgan fingerprint density at radius 1 is 1.12 bits per heavy atom. The van der Waals surface area contributed by atoms with Crippen LogP contribution in [-0.4, -0.2) is 63.2 Å². The fourth-order valence-corrected chi connectivity index (χ4v) is 4.85. The van der Waals surface area contributed by atoms with E-state index in [0.717, 1.165) is 37.6 Å². The second kappa shape index (κ2) is 9.11. The Morgan fingerprint density at radius 2 is 1.85 bits per heavy atom. The fourth-order valence-electron chi connectivity index (χ4n) is 4.67. The minimum absolute atomic E-state index is 0.269. The quantitative estimate of drug-likeness (QED) is 0.613. The normalized spacial score (nSPS) is 18.7. The lowest BCUT2D eigenvalue weighted by atomic mass is 9.96. The van der Waals surface area contributed by atoms with Crippen LogP contribution in [0.3, 0.4) is 0 Å². The average Bonchev–Trinajstić information content (AvgIpc) is 2.72. The van der Waals surface area contributed by atoms with Crippen molar-refractivity contribution in [3.63, 3.8) is 0 Å². The third kappa shape index (κ3) is 5.58. The minimum atomic E-state index is -0.511. The van der Waals surface area contributed by atoms with E-state index in [9.17, 15) is 4.79 Å². The Labute approximate surface area is 201 Å². The van der Waals surface area contributed by atoms with Crippen molar-refractivity contribution in [1.82, 2.24) is 19.8 Å². The first-order chi connectivity index (χ1) is 15.5.